The fourth-order valence-electron chi connectivity index (χ4n) is 2.65. The van der Waals surface area contributed by atoms with Crippen molar-refractivity contribution in [3.8, 4) is 0 Å². The molecule has 0 bridgehead atoms. The number of carbonyl (C=O) groups is 1. The van der Waals surface area contributed by atoms with Crippen molar-refractivity contribution >= 4 is 22.6 Å². The minimum atomic E-state index is -4.50. The van der Waals surface area contributed by atoms with Crippen LogP contribution in [0.5, 0.6) is 0 Å². The third-order valence-corrected chi connectivity index (χ3v) is 3.78. The van der Waals surface area contributed by atoms with Gasteiger partial charge >= 0.3 is 6.18 Å². The molecule has 0 saturated heterocycles. The van der Waals surface area contributed by atoms with Crippen molar-refractivity contribution < 1.29 is 18.0 Å². The van der Waals surface area contributed by atoms with Crippen molar-refractivity contribution in [2.24, 2.45) is 0 Å². The average molecular weight is 363 g/mol. The van der Waals surface area contributed by atoms with Crippen LogP contribution in [0.25, 0.3) is 10.9 Å². The number of nitrogens with zero attached hydrogens (tertiary/aromatic N) is 3. The normalized spacial score (nSPS) is 11.9. The molecule has 1 aromatic carbocycles. The number of hydrogen-bond acceptors (Lipinski definition) is 4. The SMILES string of the molecule is CN(CC(=O)Nc1n[nH]c2c(C(F)(F)F)cccc12)Cc1ccncc1. The Labute approximate surface area is 147 Å². The van der Waals surface area contributed by atoms with Gasteiger partial charge in [-0.3, -0.25) is 19.8 Å². The predicted molar refractivity (Wildman–Crippen MR) is 90.3 cm³/mol. The van der Waals surface area contributed by atoms with Crippen LogP contribution in [0.3, 0.4) is 0 Å². The van der Waals surface area contributed by atoms with Crippen LogP contribution in [0.1, 0.15) is 11.1 Å². The fraction of sp³-hybridized carbons (Fsp3) is 0.235. The zero-order valence-electron chi connectivity index (χ0n) is 13.8. The minimum Gasteiger partial charge on any atom is -0.308 e. The molecule has 3 aromatic rings. The Bertz CT molecular complexity index is 908. The summed E-state index contributed by atoms with van der Waals surface area (Å²) in [6.07, 6.45) is -1.17. The predicted octanol–water partition coefficient (Wildman–Crippen LogP) is 3.05. The number of benzene rings is 1. The van der Waals surface area contributed by atoms with E-state index in [9.17, 15) is 18.0 Å². The van der Waals surface area contributed by atoms with Crippen LogP contribution >= 0.6 is 0 Å². The van der Waals surface area contributed by atoms with E-state index in [1.165, 1.54) is 12.1 Å². The molecule has 9 heteroatoms. The molecule has 0 aliphatic carbocycles. The maximum Gasteiger partial charge on any atom is 0.418 e. The number of anilines is 1. The topological polar surface area (TPSA) is 73.9 Å². The molecule has 2 N–H and O–H groups in total. The number of carbonyl (C=O) groups excluding carboxylic acids is 1. The van der Waals surface area contributed by atoms with Gasteiger partial charge in [-0.1, -0.05) is 6.07 Å². The molecule has 2 aromatic heterocycles. The second-order valence-corrected chi connectivity index (χ2v) is 5.87. The summed E-state index contributed by atoms with van der Waals surface area (Å²) in [4.78, 5) is 17.9. The van der Waals surface area contributed by atoms with Gasteiger partial charge in [0.1, 0.15) is 0 Å². The van der Waals surface area contributed by atoms with Crippen molar-refractivity contribution in [3.63, 3.8) is 0 Å². The number of rotatable bonds is 5. The van der Waals surface area contributed by atoms with Gasteiger partial charge in [-0.15, -0.1) is 0 Å². The number of nitrogens with one attached hydrogen (secondary N) is 2. The second-order valence-electron chi connectivity index (χ2n) is 5.87. The lowest BCUT2D eigenvalue weighted by Gasteiger charge is -2.15. The van der Waals surface area contributed by atoms with E-state index in [0.29, 0.717) is 6.54 Å². The molecule has 0 spiro atoms. The van der Waals surface area contributed by atoms with Gasteiger partial charge in [0.15, 0.2) is 5.82 Å². The number of aromatic amines is 1. The number of hydrogen-bond donors (Lipinski definition) is 2. The van der Waals surface area contributed by atoms with Crippen molar-refractivity contribution in [2.75, 3.05) is 18.9 Å². The number of H-pyrrole nitrogens is 1. The minimum absolute atomic E-state index is 0.0651. The summed E-state index contributed by atoms with van der Waals surface area (Å²) in [5.41, 5.74) is 0.0218. The molecule has 0 fully saturated rings. The molecular weight excluding hydrogens is 347 g/mol. The second kappa shape index (κ2) is 7.12. The summed E-state index contributed by atoms with van der Waals surface area (Å²) in [5, 5.41) is 8.94. The van der Waals surface area contributed by atoms with Gasteiger partial charge in [-0.25, -0.2) is 0 Å². The highest BCUT2D eigenvalue weighted by atomic mass is 19.4. The first-order valence-electron chi connectivity index (χ1n) is 7.76. The van der Waals surface area contributed by atoms with Crippen molar-refractivity contribution in [3.05, 3.63) is 53.9 Å². The smallest absolute Gasteiger partial charge is 0.308 e. The fourth-order valence-corrected chi connectivity index (χ4v) is 2.65. The monoisotopic (exact) mass is 363 g/mol. The highest BCUT2D eigenvalue weighted by molar-refractivity contribution is 6.01. The number of pyridine rings is 1. The Kier molecular flexibility index (Phi) is 4.90. The van der Waals surface area contributed by atoms with Gasteiger partial charge < -0.3 is 5.32 Å². The summed E-state index contributed by atoms with van der Waals surface area (Å²) >= 11 is 0. The molecule has 2 heterocycles. The number of amides is 1. The largest absolute Gasteiger partial charge is 0.418 e. The highest BCUT2D eigenvalue weighted by Gasteiger charge is 2.33. The first-order chi connectivity index (χ1) is 12.3. The third-order valence-electron chi connectivity index (χ3n) is 3.78. The lowest BCUT2D eigenvalue weighted by atomic mass is 10.1. The molecule has 3 rings (SSSR count). The molecule has 136 valence electrons. The Morgan fingerprint density at radius 3 is 2.65 bits per heavy atom. The Balaban J connectivity index is 1.70. The van der Waals surface area contributed by atoms with E-state index in [-0.39, 0.29) is 29.2 Å². The van der Waals surface area contributed by atoms with Crippen molar-refractivity contribution in [2.45, 2.75) is 12.7 Å². The summed E-state index contributed by atoms with van der Waals surface area (Å²) in [7, 11) is 1.77. The van der Waals surface area contributed by atoms with Crippen molar-refractivity contribution in [1.82, 2.24) is 20.1 Å². The average Bonchev–Trinajstić information content (AvgIpc) is 2.97. The van der Waals surface area contributed by atoms with Gasteiger partial charge in [-0.05, 0) is 36.9 Å². The van der Waals surface area contributed by atoms with E-state index in [1.807, 2.05) is 12.1 Å². The van der Waals surface area contributed by atoms with Gasteiger partial charge in [0.25, 0.3) is 0 Å². The van der Waals surface area contributed by atoms with E-state index in [0.717, 1.165) is 11.6 Å². The maximum atomic E-state index is 13.0. The summed E-state index contributed by atoms with van der Waals surface area (Å²) in [5.74, 6) is -0.291. The number of fused-ring (bicyclic) bond motifs is 1. The molecule has 0 unspecified atom stereocenters. The molecule has 6 nitrogen and oxygen atoms in total. The van der Waals surface area contributed by atoms with E-state index >= 15 is 0 Å². The molecule has 0 aliphatic rings. The highest BCUT2D eigenvalue weighted by Crippen LogP contribution is 2.35. The number of halogens is 3. The Morgan fingerprint density at radius 1 is 1.23 bits per heavy atom. The van der Waals surface area contributed by atoms with Crippen LogP contribution in [-0.2, 0) is 17.5 Å². The van der Waals surface area contributed by atoms with Gasteiger partial charge in [0.2, 0.25) is 5.91 Å². The molecule has 1 amide bonds. The van der Waals surface area contributed by atoms with Crippen LogP contribution in [0.4, 0.5) is 19.0 Å². The third kappa shape index (κ3) is 3.99. The molecule has 0 atom stereocenters. The lowest BCUT2D eigenvalue weighted by Crippen LogP contribution is -2.30. The van der Waals surface area contributed by atoms with E-state index < -0.39 is 11.7 Å². The quantitative estimate of drug-likeness (QED) is 0.731. The summed E-state index contributed by atoms with van der Waals surface area (Å²) < 4.78 is 39.1. The molecular formula is C17H16F3N5O. The first-order valence-corrected chi connectivity index (χ1v) is 7.76. The number of alkyl halides is 3. The Hall–Kier alpha value is -2.94. The van der Waals surface area contributed by atoms with Crippen LogP contribution in [0, 0.1) is 0 Å². The van der Waals surface area contributed by atoms with Crippen LogP contribution in [-0.4, -0.2) is 39.6 Å². The Morgan fingerprint density at radius 2 is 1.96 bits per heavy atom. The van der Waals surface area contributed by atoms with Crippen LogP contribution in [0.15, 0.2) is 42.7 Å². The zero-order chi connectivity index (χ0) is 18.7. The van der Waals surface area contributed by atoms with Crippen LogP contribution in [0.2, 0.25) is 0 Å². The molecule has 0 radical (unpaired) electrons. The van der Waals surface area contributed by atoms with Crippen LogP contribution < -0.4 is 5.32 Å². The van der Waals surface area contributed by atoms with E-state index in [2.05, 4.69) is 20.5 Å². The number of para-hydroxylation sites is 1. The van der Waals surface area contributed by atoms with Gasteiger partial charge in [0, 0.05) is 24.3 Å². The lowest BCUT2D eigenvalue weighted by molar-refractivity contribution is -0.136. The van der Waals surface area contributed by atoms with Gasteiger partial charge in [0.05, 0.1) is 17.6 Å². The van der Waals surface area contributed by atoms with Gasteiger partial charge in [-0.2, -0.15) is 18.3 Å². The number of likely N-dealkylation sites (N-methyl/N-ethyl adjacent to an activating group) is 1. The maximum absolute atomic E-state index is 13.0. The van der Waals surface area contributed by atoms with E-state index in [4.69, 9.17) is 0 Å². The molecule has 0 aliphatic heterocycles. The zero-order valence-corrected chi connectivity index (χ0v) is 13.8. The summed E-state index contributed by atoms with van der Waals surface area (Å²) in [6, 6.07) is 7.41. The number of aromatic nitrogens is 3. The summed E-state index contributed by atoms with van der Waals surface area (Å²) in [6.45, 7) is 0.602. The van der Waals surface area contributed by atoms with Crippen molar-refractivity contribution in [1.29, 1.82) is 0 Å². The standard InChI is InChI=1S/C17H16F3N5O/c1-25(9-11-5-7-21-8-6-11)10-14(26)22-16-12-3-2-4-13(17(18,19)20)15(12)23-24-16/h2-8H,9-10H2,1H3,(H2,22,23,24,26). The van der Waals surface area contributed by atoms with E-state index in [1.54, 1.807) is 24.3 Å². The molecule has 0 saturated carbocycles. The molecule has 26 heavy (non-hydrogen) atoms. The first kappa shape index (κ1) is 17.9.